The number of sulfonamides is 1. The number of carbonyl (C=O) groups is 1. The van der Waals surface area contributed by atoms with E-state index in [0.29, 0.717) is 38.4 Å². The first-order valence-electron chi connectivity index (χ1n) is 9.92. The minimum absolute atomic E-state index is 0.137. The molecule has 1 amide bonds. The van der Waals surface area contributed by atoms with Crippen LogP contribution < -0.4 is 5.32 Å². The van der Waals surface area contributed by atoms with E-state index in [-0.39, 0.29) is 21.9 Å². The first kappa shape index (κ1) is 22.9. The Morgan fingerprint density at radius 1 is 1.25 bits per heavy atom. The molecular formula is C20H22N4O5S3. The second-order valence-electron chi connectivity index (χ2n) is 6.97. The smallest absolute Gasteiger partial charge is 0.277 e. The van der Waals surface area contributed by atoms with Crippen LogP contribution in [0.15, 0.2) is 56.3 Å². The number of morpholine rings is 1. The van der Waals surface area contributed by atoms with Gasteiger partial charge in [0, 0.05) is 23.5 Å². The van der Waals surface area contributed by atoms with Gasteiger partial charge in [0.25, 0.3) is 5.22 Å². The third-order valence-electron chi connectivity index (χ3n) is 4.76. The third-order valence-corrected chi connectivity index (χ3v) is 8.46. The van der Waals surface area contributed by atoms with Crippen LogP contribution in [0.4, 0.5) is 0 Å². The number of nitrogens with one attached hydrogen (secondary N) is 1. The van der Waals surface area contributed by atoms with Crippen LogP contribution in [0.2, 0.25) is 0 Å². The third kappa shape index (κ3) is 5.38. The van der Waals surface area contributed by atoms with Gasteiger partial charge in [0.1, 0.15) is 0 Å². The maximum atomic E-state index is 12.9. The SMILES string of the molecule is CC(Sc1nnc(-c2cccc(S(=O)(=O)N3CCOCC3)c2)o1)C(=O)NCc1cccs1. The number of rotatable bonds is 8. The average Bonchev–Trinajstić information content (AvgIpc) is 3.50. The maximum absolute atomic E-state index is 12.9. The Balaban J connectivity index is 1.42. The zero-order valence-electron chi connectivity index (χ0n) is 17.3. The van der Waals surface area contributed by atoms with Crippen LogP contribution >= 0.6 is 23.1 Å². The number of ether oxygens (including phenoxy) is 1. The number of aromatic nitrogens is 2. The molecule has 1 fully saturated rings. The van der Waals surface area contributed by atoms with Crippen LogP contribution in [0.1, 0.15) is 11.8 Å². The molecule has 3 aromatic rings. The number of thiophene rings is 1. The highest BCUT2D eigenvalue weighted by atomic mass is 32.2. The van der Waals surface area contributed by atoms with E-state index >= 15 is 0 Å². The van der Waals surface area contributed by atoms with E-state index in [1.165, 1.54) is 10.4 Å². The minimum Gasteiger partial charge on any atom is -0.411 e. The molecule has 0 saturated carbocycles. The Bertz CT molecular complexity index is 1160. The van der Waals surface area contributed by atoms with Gasteiger partial charge >= 0.3 is 0 Å². The van der Waals surface area contributed by atoms with Gasteiger partial charge in [-0.15, -0.1) is 21.5 Å². The van der Waals surface area contributed by atoms with Gasteiger partial charge in [0.05, 0.1) is 29.9 Å². The van der Waals surface area contributed by atoms with Gasteiger partial charge in [-0.2, -0.15) is 4.31 Å². The molecule has 1 N–H and O–H groups in total. The van der Waals surface area contributed by atoms with E-state index in [9.17, 15) is 13.2 Å². The fourth-order valence-electron chi connectivity index (χ4n) is 3.04. The van der Waals surface area contributed by atoms with Gasteiger partial charge in [-0.3, -0.25) is 4.79 Å². The molecule has 0 spiro atoms. The molecule has 4 rings (SSSR count). The Labute approximate surface area is 194 Å². The summed E-state index contributed by atoms with van der Waals surface area (Å²) in [6.07, 6.45) is 0. The molecule has 2 aromatic heterocycles. The molecule has 9 nitrogen and oxygen atoms in total. The second-order valence-corrected chi connectivity index (χ2v) is 11.2. The summed E-state index contributed by atoms with van der Waals surface area (Å²) in [6.45, 7) is 3.62. The molecule has 1 unspecified atom stereocenters. The Morgan fingerprint density at radius 2 is 2.06 bits per heavy atom. The lowest BCUT2D eigenvalue weighted by Gasteiger charge is -2.26. The molecule has 1 aromatic carbocycles. The van der Waals surface area contributed by atoms with Crippen molar-refractivity contribution >= 4 is 39.0 Å². The summed E-state index contributed by atoms with van der Waals surface area (Å²) in [5.41, 5.74) is 0.494. The lowest BCUT2D eigenvalue weighted by atomic mass is 10.2. The Hall–Kier alpha value is -2.25. The van der Waals surface area contributed by atoms with Crippen molar-refractivity contribution in [1.29, 1.82) is 0 Å². The van der Waals surface area contributed by atoms with Gasteiger partial charge in [0.15, 0.2) is 0 Å². The van der Waals surface area contributed by atoms with Gasteiger partial charge in [-0.05, 0) is 36.6 Å². The van der Waals surface area contributed by atoms with Crippen LogP contribution in [0.5, 0.6) is 0 Å². The molecule has 12 heteroatoms. The summed E-state index contributed by atoms with van der Waals surface area (Å²) in [4.78, 5) is 13.6. The molecule has 1 atom stereocenters. The molecule has 1 saturated heterocycles. The summed E-state index contributed by atoms with van der Waals surface area (Å²) < 4.78 is 38.1. The van der Waals surface area contributed by atoms with Crippen molar-refractivity contribution in [3.8, 4) is 11.5 Å². The summed E-state index contributed by atoms with van der Waals surface area (Å²) in [5, 5.41) is 12.7. The predicted molar refractivity (Wildman–Crippen MR) is 121 cm³/mol. The fourth-order valence-corrected chi connectivity index (χ4v) is 5.84. The predicted octanol–water partition coefficient (Wildman–Crippen LogP) is 2.62. The minimum atomic E-state index is -3.63. The average molecular weight is 495 g/mol. The highest BCUT2D eigenvalue weighted by Crippen LogP contribution is 2.28. The Morgan fingerprint density at radius 3 is 2.81 bits per heavy atom. The molecule has 0 radical (unpaired) electrons. The number of carbonyl (C=O) groups excluding carboxylic acids is 1. The van der Waals surface area contributed by atoms with Gasteiger partial charge < -0.3 is 14.5 Å². The summed E-state index contributed by atoms with van der Waals surface area (Å²) in [6, 6.07) is 10.3. The van der Waals surface area contributed by atoms with E-state index in [0.717, 1.165) is 16.6 Å². The van der Waals surface area contributed by atoms with Crippen molar-refractivity contribution in [3.63, 3.8) is 0 Å². The number of hydrogen-bond donors (Lipinski definition) is 1. The molecule has 0 aliphatic carbocycles. The molecule has 0 bridgehead atoms. The van der Waals surface area contributed by atoms with Crippen molar-refractivity contribution in [2.24, 2.45) is 0 Å². The van der Waals surface area contributed by atoms with Crippen molar-refractivity contribution in [2.75, 3.05) is 26.3 Å². The number of amides is 1. The van der Waals surface area contributed by atoms with E-state index < -0.39 is 15.3 Å². The van der Waals surface area contributed by atoms with Gasteiger partial charge in [-0.1, -0.05) is 23.9 Å². The van der Waals surface area contributed by atoms with E-state index in [2.05, 4.69) is 15.5 Å². The van der Waals surface area contributed by atoms with Gasteiger partial charge in [0.2, 0.25) is 21.8 Å². The highest BCUT2D eigenvalue weighted by Gasteiger charge is 2.27. The van der Waals surface area contributed by atoms with Crippen LogP contribution in [0, 0.1) is 0 Å². The lowest BCUT2D eigenvalue weighted by Crippen LogP contribution is -2.40. The zero-order valence-corrected chi connectivity index (χ0v) is 19.7. The zero-order chi connectivity index (χ0) is 22.6. The van der Waals surface area contributed by atoms with Crippen LogP contribution in [-0.4, -0.2) is 60.4 Å². The molecule has 170 valence electrons. The molecule has 1 aliphatic rings. The second kappa shape index (κ2) is 10.1. The molecular weight excluding hydrogens is 472 g/mol. The fraction of sp³-hybridized carbons (Fsp3) is 0.350. The first-order chi connectivity index (χ1) is 15.4. The Kier molecular flexibility index (Phi) is 7.26. The van der Waals surface area contributed by atoms with E-state index in [1.807, 2.05) is 17.5 Å². The maximum Gasteiger partial charge on any atom is 0.277 e. The number of benzene rings is 1. The monoisotopic (exact) mass is 494 g/mol. The highest BCUT2D eigenvalue weighted by molar-refractivity contribution is 8.00. The van der Waals surface area contributed by atoms with Crippen LogP contribution in [0.25, 0.3) is 11.5 Å². The largest absolute Gasteiger partial charge is 0.411 e. The van der Waals surface area contributed by atoms with Crippen molar-refractivity contribution in [3.05, 3.63) is 46.7 Å². The number of thioether (sulfide) groups is 1. The molecule has 3 heterocycles. The van der Waals surface area contributed by atoms with E-state index in [1.54, 1.807) is 36.5 Å². The number of nitrogens with zero attached hydrogens (tertiary/aromatic N) is 3. The molecule has 32 heavy (non-hydrogen) atoms. The molecule has 1 aliphatic heterocycles. The standard InChI is InChI=1S/C20H22N4O5S3/c1-14(18(25)21-13-16-5-3-11-30-16)31-20-23-22-19(29-20)15-4-2-6-17(12-15)32(26,27)24-7-9-28-10-8-24/h2-6,11-12,14H,7-10,13H2,1H3,(H,21,25). The normalized spacial score (nSPS) is 16.0. The summed E-state index contributed by atoms with van der Waals surface area (Å²) in [7, 11) is -3.63. The van der Waals surface area contributed by atoms with Crippen LogP contribution in [-0.2, 0) is 26.1 Å². The van der Waals surface area contributed by atoms with Crippen molar-refractivity contribution in [1.82, 2.24) is 19.8 Å². The summed E-state index contributed by atoms with van der Waals surface area (Å²) in [5.74, 6) is 0.0551. The quantitative estimate of drug-likeness (QED) is 0.475. The summed E-state index contributed by atoms with van der Waals surface area (Å²) >= 11 is 2.73. The number of hydrogen-bond acceptors (Lipinski definition) is 9. The van der Waals surface area contributed by atoms with Gasteiger partial charge in [-0.25, -0.2) is 8.42 Å². The van der Waals surface area contributed by atoms with Crippen molar-refractivity contribution in [2.45, 2.75) is 28.8 Å². The first-order valence-corrected chi connectivity index (χ1v) is 13.1. The topological polar surface area (TPSA) is 115 Å². The van der Waals surface area contributed by atoms with Crippen molar-refractivity contribution < 1.29 is 22.4 Å². The van der Waals surface area contributed by atoms with E-state index in [4.69, 9.17) is 9.15 Å². The van der Waals surface area contributed by atoms with Crippen LogP contribution in [0.3, 0.4) is 0 Å². The lowest BCUT2D eigenvalue weighted by molar-refractivity contribution is -0.120.